The van der Waals surface area contributed by atoms with Crippen molar-refractivity contribution < 1.29 is 23.7 Å². The molecule has 0 aromatic heterocycles. The highest BCUT2D eigenvalue weighted by molar-refractivity contribution is 8.19. The zero-order chi connectivity index (χ0) is 19.0. The largest absolute Gasteiger partial charge is 0.493 e. The maximum atomic E-state index is 12.9. The number of benzene rings is 2. The number of ether oxygens (including phenoxy) is 4. The Morgan fingerprint density at radius 1 is 1.15 bits per heavy atom. The summed E-state index contributed by atoms with van der Waals surface area (Å²) < 4.78 is 21.4. The summed E-state index contributed by atoms with van der Waals surface area (Å²) in [4.78, 5) is 14.7. The van der Waals surface area contributed by atoms with Crippen molar-refractivity contribution in [2.45, 2.75) is 0 Å². The molecule has 4 rings (SSSR count). The van der Waals surface area contributed by atoms with Crippen LogP contribution >= 0.6 is 11.8 Å². The molecule has 0 aliphatic carbocycles. The van der Waals surface area contributed by atoms with E-state index in [1.54, 1.807) is 44.6 Å². The molecule has 2 aromatic carbocycles. The fourth-order valence-corrected chi connectivity index (χ4v) is 3.77. The van der Waals surface area contributed by atoms with Crippen molar-refractivity contribution >= 4 is 34.6 Å². The number of para-hydroxylation sites is 1. The van der Waals surface area contributed by atoms with Gasteiger partial charge >= 0.3 is 0 Å². The lowest BCUT2D eigenvalue weighted by molar-refractivity contribution is -0.113. The van der Waals surface area contributed by atoms with Gasteiger partial charge in [0.15, 0.2) is 28.2 Å². The number of rotatable bonds is 4. The van der Waals surface area contributed by atoms with Crippen LogP contribution in [-0.4, -0.2) is 32.1 Å². The summed E-state index contributed by atoms with van der Waals surface area (Å²) in [6.45, 7) is 0.152. The quantitative estimate of drug-likeness (QED) is 0.813. The van der Waals surface area contributed by atoms with E-state index in [0.717, 1.165) is 11.8 Å². The molecule has 0 spiro atoms. The fourth-order valence-electron chi connectivity index (χ4n) is 2.91. The maximum absolute atomic E-state index is 12.9. The highest BCUT2D eigenvalue weighted by Crippen LogP contribution is 2.41. The summed E-state index contributed by atoms with van der Waals surface area (Å²) in [5.41, 5.74) is 1.26. The first-order valence-corrected chi connectivity index (χ1v) is 8.87. The molecule has 0 radical (unpaired) electrons. The molecule has 138 valence electrons. The van der Waals surface area contributed by atoms with Crippen LogP contribution in [0.15, 0.2) is 41.3 Å². The van der Waals surface area contributed by atoms with Gasteiger partial charge in [-0.1, -0.05) is 12.1 Å². The number of nitrogens with one attached hydrogen (secondary N) is 1. The third-order valence-electron chi connectivity index (χ3n) is 4.16. The number of fused-ring (bicyclic) bond motifs is 1. The number of amidine groups is 1. The van der Waals surface area contributed by atoms with E-state index in [4.69, 9.17) is 24.4 Å². The molecule has 1 saturated heterocycles. The summed E-state index contributed by atoms with van der Waals surface area (Å²) in [5.74, 6) is 2.01. The average Bonchev–Trinajstić information content (AvgIpc) is 3.25. The molecule has 1 fully saturated rings. The van der Waals surface area contributed by atoms with Gasteiger partial charge in [-0.25, -0.2) is 0 Å². The number of hydrogen-bond acceptors (Lipinski definition) is 7. The second-order valence-electron chi connectivity index (χ2n) is 5.68. The van der Waals surface area contributed by atoms with E-state index in [1.165, 1.54) is 4.90 Å². The number of hydrogen-bond donors (Lipinski definition) is 1. The third-order valence-corrected chi connectivity index (χ3v) is 5.05. The normalized spacial score (nSPS) is 17.0. The summed E-state index contributed by atoms with van der Waals surface area (Å²) in [6.07, 6.45) is 1.70. The van der Waals surface area contributed by atoms with Crippen LogP contribution in [0, 0.1) is 5.41 Å². The van der Waals surface area contributed by atoms with E-state index in [-0.39, 0.29) is 17.9 Å². The Kier molecular flexibility index (Phi) is 4.41. The van der Waals surface area contributed by atoms with Gasteiger partial charge in [0.05, 0.1) is 24.8 Å². The number of thioether (sulfide) groups is 1. The molecule has 0 unspecified atom stereocenters. The molecular weight excluding hydrogens is 368 g/mol. The first kappa shape index (κ1) is 17.3. The standard InChI is InChI=1S/C19H16N2O5S/c1-23-14-5-3-4-11(17(14)24-2)8-16-18(22)21(19(20)27-16)12-6-7-13-15(9-12)26-10-25-13/h3-9,20H,10H2,1-2H3/b16-8-,20-19?. The van der Waals surface area contributed by atoms with Gasteiger partial charge in [-0.05, 0) is 36.0 Å². The Morgan fingerprint density at radius 2 is 1.96 bits per heavy atom. The minimum absolute atomic E-state index is 0.118. The van der Waals surface area contributed by atoms with Crippen molar-refractivity contribution in [1.29, 1.82) is 5.41 Å². The van der Waals surface area contributed by atoms with Gasteiger partial charge in [-0.3, -0.25) is 15.1 Å². The molecule has 0 saturated carbocycles. The van der Waals surface area contributed by atoms with E-state index in [0.29, 0.717) is 39.2 Å². The first-order chi connectivity index (χ1) is 13.1. The van der Waals surface area contributed by atoms with Gasteiger partial charge in [0.1, 0.15) is 0 Å². The maximum Gasteiger partial charge on any atom is 0.271 e. The van der Waals surface area contributed by atoms with Gasteiger partial charge in [0.25, 0.3) is 5.91 Å². The summed E-state index contributed by atoms with van der Waals surface area (Å²) in [6, 6.07) is 10.6. The molecule has 1 amide bonds. The number of carbonyl (C=O) groups is 1. The van der Waals surface area contributed by atoms with Gasteiger partial charge in [-0.15, -0.1) is 0 Å². The van der Waals surface area contributed by atoms with E-state index in [2.05, 4.69) is 0 Å². The lowest BCUT2D eigenvalue weighted by atomic mass is 10.1. The SMILES string of the molecule is COc1cccc(/C=C2\SC(=N)N(c3ccc4c(c3)OCO4)C2=O)c1OC. The fraction of sp³-hybridized carbons (Fsp3) is 0.158. The van der Waals surface area contributed by atoms with Crippen LogP contribution in [0.2, 0.25) is 0 Å². The zero-order valence-electron chi connectivity index (χ0n) is 14.6. The highest BCUT2D eigenvalue weighted by atomic mass is 32.2. The molecule has 7 nitrogen and oxygen atoms in total. The smallest absolute Gasteiger partial charge is 0.271 e. The van der Waals surface area contributed by atoms with E-state index in [1.807, 2.05) is 12.1 Å². The highest BCUT2D eigenvalue weighted by Gasteiger charge is 2.34. The Bertz CT molecular complexity index is 973. The van der Waals surface area contributed by atoms with Crippen molar-refractivity contribution in [3.63, 3.8) is 0 Å². The molecule has 0 atom stereocenters. The third kappa shape index (κ3) is 2.97. The summed E-state index contributed by atoms with van der Waals surface area (Å²) >= 11 is 1.09. The minimum atomic E-state index is -0.284. The second-order valence-corrected chi connectivity index (χ2v) is 6.71. The zero-order valence-corrected chi connectivity index (χ0v) is 15.5. The van der Waals surface area contributed by atoms with Crippen LogP contribution in [-0.2, 0) is 4.79 Å². The summed E-state index contributed by atoms with van der Waals surface area (Å²) in [5, 5.41) is 8.36. The van der Waals surface area contributed by atoms with Crippen LogP contribution in [0.1, 0.15) is 5.56 Å². The Balaban J connectivity index is 1.68. The molecular formula is C19H16N2O5S. The van der Waals surface area contributed by atoms with Crippen molar-refractivity contribution in [2.75, 3.05) is 25.9 Å². The lowest BCUT2D eigenvalue weighted by Gasteiger charge is -2.14. The first-order valence-electron chi connectivity index (χ1n) is 8.05. The molecule has 2 aromatic rings. The van der Waals surface area contributed by atoms with Gasteiger partial charge in [-0.2, -0.15) is 0 Å². The van der Waals surface area contributed by atoms with E-state index < -0.39 is 0 Å². The topological polar surface area (TPSA) is 81.1 Å². The van der Waals surface area contributed by atoms with Crippen LogP contribution in [0.5, 0.6) is 23.0 Å². The minimum Gasteiger partial charge on any atom is -0.493 e. The number of amides is 1. The molecule has 27 heavy (non-hydrogen) atoms. The predicted octanol–water partition coefficient (Wildman–Crippen LogP) is 3.49. The molecule has 2 aliphatic heterocycles. The second kappa shape index (κ2) is 6.88. The summed E-state index contributed by atoms with van der Waals surface area (Å²) in [7, 11) is 3.10. The number of nitrogens with zero attached hydrogens (tertiary/aromatic N) is 1. The van der Waals surface area contributed by atoms with Crippen LogP contribution in [0.3, 0.4) is 0 Å². The van der Waals surface area contributed by atoms with Crippen LogP contribution in [0.4, 0.5) is 5.69 Å². The Labute approximate surface area is 160 Å². The van der Waals surface area contributed by atoms with E-state index in [9.17, 15) is 4.79 Å². The monoisotopic (exact) mass is 384 g/mol. The van der Waals surface area contributed by atoms with Crippen molar-refractivity contribution in [3.05, 3.63) is 46.9 Å². The van der Waals surface area contributed by atoms with Crippen LogP contribution in [0.25, 0.3) is 6.08 Å². The van der Waals surface area contributed by atoms with Crippen molar-refractivity contribution in [1.82, 2.24) is 0 Å². The molecule has 8 heteroatoms. The number of anilines is 1. The van der Waals surface area contributed by atoms with Gasteiger partial charge in [0, 0.05) is 11.6 Å². The van der Waals surface area contributed by atoms with Gasteiger partial charge < -0.3 is 18.9 Å². The molecule has 0 bridgehead atoms. The Hall–Kier alpha value is -3.13. The van der Waals surface area contributed by atoms with Gasteiger partial charge in [0.2, 0.25) is 6.79 Å². The predicted molar refractivity (Wildman–Crippen MR) is 103 cm³/mol. The molecule has 2 aliphatic rings. The molecule has 1 N–H and O–H groups in total. The molecule has 2 heterocycles. The van der Waals surface area contributed by atoms with Crippen molar-refractivity contribution in [2.24, 2.45) is 0 Å². The van der Waals surface area contributed by atoms with E-state index >= 15 is 0 Å². The number of carbonyl (C=O) groups excluding carboxylic acids is 1. The number of methoxy groups -OCH3 is 2. The Morgan fingerprint density at radius 3 is 2.74 bits per heavy atom. The average molecular weight is 384 g/mol. The lowest BCUT2D eigenvalue weighted by Crippen LogP contribution is -2.28. The van der Waals surface area contributed by atoms with Crippen molar-refractivity contribution in [3.8, 4) is 23.0 Å². The van der Waals surface area contributed by atoms with Crippen LogP contribution < -0.4 is 23.8 Å².